The third-order valence-electron chi connectivity index (χ3n) is 4.28. The summed E-state index contributed by atoms with van der Waals surface area (Å²) in [6.07, 6.45) is 9.91. The minimum Gasteiger partial charge on any atom is -0.348 e. The Morgan fingerprint density at radius 2 is 1.85 bits per heavy atom. The number of para-hydroxylation sites is 1. The molecule has 0 aliphatic carbocycles. The molecule has 0 bridgehead atoms. The van der Waals surface area contributed by atoms with Crippen molar-refractivity contribution in [1.82, 2.24) is 9.88 Å². The van der Waals surface area contributed by atoms with E-state index in [-0.39, 0.29) is 6.17 Å². The summed E-state index contributed by atoms with van der Waals surface area (Å²) in [5, 5.41) is 2.90. The normalized spacial score (nSPS) is 16.0. The number of rotatable bonds is 4. The Morgan fingerprint density at radius 3 is 2.65 bits per heavy atom. The average Bonchev–Trinajstić information content (AvgIpc) is 2.69. The first-order valence-electron chi connectivity index (χ1n) is 8.51. The van der Waals surface area contributed by atoms with Crippen LogP contribution in [0.1, 0.15) is 11.1 Å². The van der Waals surface area contributed by atoms with Gasteiger partial charge in [0.2, 0.25) is 0 Å². The van der Waals surface area contributed by atoms with Gasteiger partial charge in [0.15, 0.2) is 0 Å². The molecule has 0 spiro atoms. The van der Waals surface area contributed by atoms with Gasteiger partial charge in [-0.25, -0.2) is 0 Å². The van der Waals surface area contributed by atoms with Gasteiger partial charge in [0.1, 0.15) is 6.17 Å². The quantitative estimate of drug-likeness (QED) is 0.711. The van der Waals surface area contributed by atoms with E-state index < -0.39 is 0 Å². The van der Waals surface area contributed by atoms with E-state index in [9.17, 15) is 0 Å². The van der Waals surface area contributed by atoms with Gasteiger partial charge >= 0.3 is 0 Å². The summed E-state index contributed by atoms with van der Waals surface area (Å²) in [4.78, 5) is 11.3. The average molecular weight is 360 g/mol. The largest absolute Gasteiger partial charge is 0.348 e. The molecule has 1 atom stereocenters. The molecule has 128 valence electrons. The molecule has 2 heterocycles. The van der Waals surface area contributed by atoms with Gasteiger partial charge in [-0.3, -0.25) is 9.98 Å². The summed E-state index contributed by atoms with van der Waals surface area (Å²) < 4.78 is 0. The maximum atomic E-state index is 6.01. The van der Waals surface area contributed by atoms with Crippen LogP contribution in [0.4, 0.5) is 0 Å². The SMILES string of the molecule is Clc1ccc(CN2C=c3ccccc3=NC2/C=C/c2cccnc2)cc1. The fraction of sp³-hybridized carbons (Fsp3) is 0.0909. The summed E-state index contributed by atoms with van der Waals surface area (Å²) >= 11 is 6.01. The van der Waals surface area contributed by atoms with Gasteiger partial charge < -0.3 is 4.90 Å². The molecule has 4 heteroatoms. The zero-order chi connectivity index (χ0) is 17.8. The zero-order valence-electron chi connectivity index (χ0n) is 14.2. The zero-order valence-corrected chi connectivity index (χ0v) is 14.9. The van der Waals surface area contributed by atoms with Crippen molar-refractivity contribution in [2.75, 3.05) is 0 Å². The standard InChI is InChI=1S/C22H18ClN3/c23-20-10-7-18(8-11-20)15-26-16-19-5-1-2-6-21(19)25-22(26)12-9-17-4-3-13-24-14-17/h1-14,16,22H,15H2/b12-9+. The summed E-state index contributed by atoms with van der Waals surface area (Å²) in [6.45, 7) is 0.761. The lowest BCUT2D eigenvalue weighted by Crippen LogP contribution is -2.40. The van der Waals surface area contributed by atoms with Crippen molar-refractivity contribution < 1.29 is 0 Å². The van der Waals surface area contributed by atoms with Crippen molar-refractivity contribution in [1.29, 1.82) is 0 Å². The molecule has 1 aromatic heterocycles. The van der Waals surface area contributed by atoms with Gasteiger partial charge in [-0.15, -0.1) is 0 Å². The molecule has 0 saturated carbocycles. The molecule has 0 saturated heterocycles. The van der Waals surface area contributed by atoms with Crippen molar-refractivity contribution in [2.24, 2.45) is 4.99 Å². The second-order valence-corrected chi connectivity index (χ2v) is 6.61. The van der Waals surface area contributed by atoms with E-state index in [1.54, 1.807) is 6.20 Å². The maximum absolute atomic E-state index is 6.01. The lowest BCUT2D eigenvalue weighted by Gasteiger charge is -2.28. The van der Waals surface area contributed by atoms with Crippen molar-refractivity contribution in [3.05, 3.63) is 106 Å². The lowest BCUT2D eigenvalue weighted by molar-refractivity contribution is 0.341. The predicted molar refractivity (Wildman–Crippen MR) is 106 cm³/mol. The summed E-state index contributed by atoms with van der Waals surface area (Å²) in [7, 11) is 0. The van der Waals surface area contributed by atoms with E-state index in [0.29, 0.717) is 0 Å². The van der Waals surface area contributed by atoms with Crippen molar-refractivity contribution in [2.45, 2.75) is 12.7 Å². The van der Waals surface area contributed by atoms with Crippen LogP contribution in [0.15, 0.2) is 84.1 Å². The molecule has 1 unspecified atom stereocenters. The minimum atomic E-state index is -0.0687. The first-order valence-corrected chi connectivity index (χ1v) is 8.89. The number of fused-ring (bicyclic) bond motifs is 1. The second kappa shape index (κ2) is 7.54. The highest BCUT2D eigenvalue weighted by Crippen LogP contribution is 2.16. The summed E-state index contributed by atoms with van der Waals surface area (Å²) in [5.74, 6) is 0. The molecule has 0 radical (unpaired) electrons. The molecular weight excluding hydrogens is 342 g/mol. The number of aromatic nitrogens is 1. The van der Waals surface area contributed by atoms with Crippen LogP contribution in [0.3, 0.4) is 0 Å². The molecule has 2 aromatic carbocycles. The fourth-order valence-electron chi connectivity index (χ4n) is 2.95. The topological polar surface area (TPSA) is 28.5 Å². The van der Waals surface area contributed by atoms with E-state index in [0.717, 1.165) is 27.7 Å². The highest BCUT2D eigenvalue weighted by atomic mass is 35.5. The number of hydrogen-bond acceptors (Lipinski definition) is 3. The Morgan fingerprint density at radius 1 is 1.00 bits per heavy atom. The summed E-state index contributed by atoms with van der Waals surface area (Å²) in [6, 6.07) is 20.1. The van der Waals surface area contributed by atoms with Crippen molar-refractivity contribution >= 4 is 23.9 Å². The summed E-state index contributed by atoms with van der Waals surface area (Å²) in [5.41, 5.74) is 2.26. The van der Waals surface area contributed by atoms with Crippen LogP contribution in [-0.4, -0.2) is 16.0 Å². The molecule has 4 rings (SSSR count). The number of pyridine rings is 1. The first-order chi connectivity index (χ1) is 12.8. The molecule has 1 aliphatic rings. The third kappa shape index (κ3) is 3.84. The number of halogens is 1. The van der Waals surface area contributed by atoms with E-state index in [2.05, 4.69) is 52.5 Å². The van der Waals surface area contributed by atoms with Crippen LogP contribution in [-0.2, 0) is 6.54 Å². The minimum absolute atomic E-state index is 0.0687. The van der Waals surface area contributed by atoms with E-state index in [4.69, 9.17) is 16.6 Å². The first kappa shape index (κ1) is 16.6. The van der Waals surface area contributed by atoms with E-state index >= 15 is 0 Å². The Hall–Kier alpha value is -2.91. The van der Waals surface area contributed by atoms with Crippen molar-refractivity contribution in [3.63, 3.8) is 0 Å². The van der Waals surface area contributed by atoms with Crippen LogP contribution >= 0.6 is 11.6 Å². The highest BCUT2D eigenvalue weighted by Gasteiger charge is 2.15. The molecular formula is C22H18ClN3. The number of nitrogens with zero attached hydrogens (tertiary/aromatic N) is 3. The predicted octanol–water partition coefficient (Wildman–Crippen LogP) is 3.65. The molecule has 0 fully saturated rings. The van der Waals surface area contributed by atoms with Gasteiger partial charge in [-0.05, 0) is 41.5 Å². The van der Waals surface area contributed by atoms with Gasteiger partial charge in [0, 0.05) is 35.4 Å². The third-order valence-corrected chi connectivity index (χ3v) is 4.53. The molecule has 1 aliphatic heterocycles. The Bertz CT molecular complexity index is 1030. The van der Waals surface area contributed by atoms with Crippen LogP contribution in [0.25, 0.3) is 12.3 Å². The van der Waals surface area contributed by atoms with Gasteiger partial charge in [-0.1, -0.05) is 54.1 Å². The molecule has 0 N–H and O–H groups in total. The van der Waals surface area contributed by atoms with Gasteiger partial charge in [0.05, 0.1) is 5.36 Å². The van der Waals surface area contributed by atoms with Crippen LogP contribution in [0.5, 0.6) is 0 Å². The van der Waals surface area contributed by atoms with Crippen molar-refractivity contribution in [3.8, 4) is 0 Å². The molecule has 3 aromatic rings. The van der Waals surface area contributed by atoms with Gasteiger partial charge in [0.25, 0.3) is 0 Å². The Kier molecular flexibility index (Phi) is 4.80. The Labute approximate surface area is 157 Å². The fourth-order valence-corrected chi connectivity index (χ4v) is 3.08. The number of benzene rings is 2. The highest BCUT2D eigenvalue weighted by molar-refractivity contribution is 6.30. The smallest absolute Gasteiger partial charge is 0.141 e. The van der Waals surface area contributed by atoms with Crippen LogP contribution < -0.4 is 10.6 Å². The molecule has 0 amide bonds. The van der Waals surface area contributed by atoms with Crippen LogP contribution in [0, 0.1) is 0 Å². The van der Waals surface area contributed by atoms with Gasteiger partial charge in [-0.2, -0.15) is 0 Å². The lowest BCUT2D eigenvalue weighted by atomic mass is 10.1. The second-order valence-electron chi connectivity index (χ2n) is 6.17. The number of hydrogen-bond donors (Lipinski definition) is 0. The molecule has 3 nitrogen and oxygen atoms in total. The van der Waals surface area contributed by atoms with E-state index in [1.165, 1.54) is 5.56 Å². The van der Waals surface area contributed by atoms with E-state index in [1.807, 2.05) is 42.6 Å². The molecule has 26 heavy (non-hydrogen) atoms. The monoisotopic (exact) mass is 359 g/mol. The van der Waals surface area contributed by atoms with Crippen LogP contribution in [0.2, 0.25) is 5.02 Å². The Balaban J connectivity index is 1.67. The maximum Gasteiger partial charge on any atom is 0.141 e.